The maximum absolute atomic E-state index is 13.8. The van der Waals surface area contributed by atoms with Gasteiger partial charge in [-0.1, -0.05) is 29.8 Å². The minimum atomic E-state index is -0.340. The van der Waals surface area contributed by atoms with E-state index in [4.69, 9.17) is 0 Å². The summed E-state index contributed by atoms with van der Waals surface area (Å²) >= 11 is 0. The van der Waals surface area contributed by atoms with Crippen LogP contribution in [0, 0.1) is 19.7 Å². The molecular weight excluding hydrogens is 457 g/mol. The second-order valence-corrected chi connectivity index (χ2v) is 10.1. The van der Waals surface area contributed by atoms with Crippen LogP contribution in [0.2, 0.25) is 0 Å². The summed E-state index contributed by atoms with van der Waals surface area (Å²) in [4.78, 5) is 33.6. The summed E-state index contributed by atoms with van der Waals surface area (Å²) < 4.78 is 13.8. The van der Waals surface area contributed by atoms with Gasteiger partial charge in [-0.25, -0.2) is 4.39 Å². The van der Waals surface area contributed by atoms with E-state index in [0.29, 0.717) is 36.4 Å². The van der Waals surface area contributed by atoms with Crippen LogP contribution in [-0.4, -0.2) is 50.4 Å². The van der Waals surface area contributed by atoms with Crippen molar-refractivity contribution >= 4 is 22.7 Å². The molecule has 2 aliphatic rings. The maximum atomic E-state index is 13.8. The number of aromatic amines is 2. The quantitative estimate of drug-likeness (QED) is 0.443. The average molecular weight is 486 g/mol. The number of nitrogens with one attached hydrogen (secondary N) is 2. The van der Waals surface area contributed by atoms with E-state index in [-0.39, 0.29) is 23.2 Å². The van der Waals surface area contributed by atoms with Gasteiger partial charge >= 0.3 is 0 Å². The molecule has 0 saturated heterocycles. The molecule has 1 aliphatic carbocycles. The highest BCUT2D eigenvalue weighted by Crippen LogP contribution is 2.51. The molecule has 6 rings (SSSR count). The minimum absolute atomic E-state index is 0.118. The lowest BCUT2D eigenvalue weighted by atomic mass is 10.00. The fourth-order valence-corrected chi connectivity index (χ4v) is 5.46. The van der Waals surface area contributed by atoms with E-state index in [1.54, 1.807) is 11.0 Å². The van der Waals surface area contributed by atoms with Gasteiger partial charge in [0.2, 0.25) is 0 Å². The van der Waals surface area contributed by atoms with Crippen molar-refractivity contribution in [3.63, 3.8) is 0 Å². The number of H-pyrrole nitrogens is 2. The minimum Gasteiger partial charge on any atom is -0.350 e. The molecule has 0 spiro atoms. The number of halogens is 1. The van der Waals surface area contributed by atoms with E-state index < -0.39 is 0 Å². The van der Waals surface area contributed by atoms with Crippen LogP contribution < -0.4 is 0 Å². The number of aromatic nitrogens is 3. The number of fused-ring (bicyclic) bond motifs is 2. The number of hydrogen-bond donors (Lipinski definition) is 2. The third kappa shape index (κ3) is 3.51. The molecule has 36 heavy (non-hydrogen) atoms. The molecule has 3 heterocycles. The van der Waals surface area contributed by atoms with Crippen molar-refractivity contribution in [2.75, 3.05) is 13.6 Å². The molecule has 1 fully saturated rings. The molecule has 2 aromatic carbocycles. The van der Waals surface area contributed by atoms with Crippen molar-refractivity contribution in [3.8, 4) is 0 Å². The van der Waals surface area contributed by atoms with Crippen LogP contribution in [0.25, 0.3) is 10.9 Å². The van der Waals surface area contributed by atoms with Crippen molar-refractivity contribution < 1.29 is 14.0 Å². The second-order valence-electron chi connectivity index (χ2n) is 10.1. The van der Waals surface area contributed by atoms with Crippen LogP contribution >= 0.6 is 0 Å². The topological polar surface area (TPSA) is 85.1 Å². The third-order valence-electron chi connectivity index (χ3n) is 7.82. The van der Waals surface area contributed by atoms with Gasteiger partial charge in [-0.05, 0) is 56.0 Å². The Labute approximate surface area is 208 Å². The Kier molecular flexibility index (Phi) is 5.03. The van der Waals surface area contributed by atoms with Gasteiger partial charge in [0.1, 0.15) is 17.2 Å². The number of benzene rings is 2. The van der Waals surface area contributed by atoms with Crippen LogP contribution in [0.5, 0.6) is 0 Å². The van der Waals surface area contributed by atoms with Crippen molar-refractivity contribution in [3.05, 3.63) is 87.6 Å². The summed E-state index contributed by atoms with van der Waals surface area (Å²) in [6.45, 7) is 4.66. The predicted molar refractivity (Wildman–Crippen MR) is 134 cm³/mol. The highest BCUT2D eigenvalue weighted by molar-refractivity contribution is 5.99. The van der Waals surface area contributed by atoms with E-state index in [0.717, 1.165) is 40.6 Å². The van der Waals surface area contributed by atoms with Crippen molar-refractivity contribution in [1.29, 1.82) is 0 Å². The van der Waals surface area contributed by atoms with E-state index in [1.165, 1.54) is 17.7 Å². The molecular formula is C28H28FN5O2. The molecule has 1 aliphatic heterocycles. The Bertz CT molecular complexity index is 1510. The Morgan fingerprint density at radius 2 is 1.86 bits per heavy atom. The van der Waals surface area contributed by atoms with E-state index in [9.17, 15) is 14.0 Å². The van der Waals surface area contributed by atoms with Gasteiger partial charge in [0.25, 0.3) is 11.8 Å². The molecule has 8 heteroatoms. The van der Waals surface area contributed by atoms with Gasteiger partial charge in [0.15, 0.2) is 0 Å². The van der Waals surface area contributed by atoms with E-state index >= 15 is 0 Å². The van der Waals surface area contributed by atoms with Gasteiger partial charge in [0, 0.05) is 36.5 Å². The summed E-state index contributed by atoms with van der Waals surface area (Å²) in [5.74, 6) is -0.635. The fourth-order valence-electron chi connectivity index (χ4n) is 5.46. The molecule has 2 aromatic heterocycles. The van der Waals surface area contributed by atoms with Gasteiger partial charge in [0.05, 0.1) is 17.8 Å². The lowest BCUT2D eigenvalue weighted by molar-refractivity contribution is 0.0681. The fraction of sp³-hybridized carbons (Fsp3) is 0.321. The van der Waals surface area contributed by atoms with Gasteiger partial charge in [-0.15, -0.1) is 0 Å². The van der Waals surface area contributed by atoms with E-state index in [2.05, 4.69) is 46.4 Å². The molecule has 7 nitrogen and oxygen atoms in total. The summed E-state index contributed by atoms with van der Waals surface area (Å²) in [5.41, 5.74) is 5.84. The summed E-state index contributed by atoms with van der Waals surface area (Å²) in [5, 5.41) is 8.20. The zero-order chi connectivity index (χ0) is 25.2. The monoisotopic (exact) mass is 485 g/mol. The zero-order valence-electron chi connectivity index (χ0n) is 20.6. The van der Waals surface area contributed by atoms with Crippen LogP contribution in [0.4, 0.5) is 4.39 Å². The molecule has 0 radical (unpaired) electrons. The summed E-state index contributed by atoms with van der Waals surface area (Å²) in [6, 6.07) is 13.0. The molecule has 2 N–H and O–H groups in total. The number of hydrogen-bond acceptors (Lipinski definition) is 3. The highest BCUT2D eigenvalue weighted by atomic mass is 19.1. The maximum Gasteiger partial charge on any atom is 0.272 e. The predicted octanol–water partition coefficient (Wildman–Crippen LogP) is 4.61. The third-order valence-corrected chi connectivity index (χ3v) is 7.82. The van der Waals surface area contributed by atoms with E-state index in [1.807, 2.05) is 18.9 Å². The zero-order valence-corrected chi connectivity index (χ0v) is 20.6. The Hall–Kier alpha value is -3.94. The number of carbonyl (C=O) groups excluding carboxylic acids is 2. The first-order chi connectivity index (χ1) is 17.3. The normalized spacial score (nSPS) is 16.2. The standard InChI is InChI=1S/C28H28FN5O2/c1-16-4-6-18(7-5-16)28(9-10-28)33(3)27(36)25-21-15-34(11-8-22(21)31-32-25)26(35)24-14-20-17(2)12-19(29)13-23(20)30-24/h4-7,12-14,30H,8-11,15H2,1-3H3,(H,31,32). The van der Waals surface area contributed by atoms with Crippen LogP contribution in [0.3, 0.4) is 0 Å². The Morgan fingerprint density at radius 1 is 1.11 bits per heavy atom. The van der Waals surface area contributed by atoms with Crippen LogP contribution in [0.1, 0.15) is 61.8 Å². The van der Waals surface area contributed by atoms with Crippen molar-refractivity contribution in [2.45, 2.75) is 45.2 Å². The molecule has 0 unspecified atom stereocenters. The second kappa shape index (κ2) is 8.05. The SMILES string of the molecule is Cc1ccc(C2(N(C)C(=O)c3[nH]nc4c3CN(C(=O)c3cc5c(C)cc(F)cc5[nH]3)CC4)CC2)cc1. The molecule has 1 saturated carbocycles. The number of aryl methyl sites for hydroxylation is 2. The number of nitrogens with zero attached hydrogens (tertiary/aromatic N) is 3. The Balaban J connectivity index is 1.25. The lowest BCUT2D eigenvalue weighted by Crippen LogP contribution is -2.39. The van der Waals surface area contributed by atoms with Crippen LogP contribution in [-0.2, 0) is 18.5 Å². The van der Waals surface area contributed by atoms with Crippen molar-refractivity contribution in [2.24, 2.45) is 0 Å². The Morgan fingerprint density at radius 3 is 2.58 bits per heavy atom. The smallest absolute Gasteiger partial charge is 0.272 e. The van der Waals surface area contributed by atoms with Crippen molar-refractivity contribution in [1.82, 2.24) is 25.0 Å². The molecule has 184 valence electrons. The number of rotatable bonds is 4. The van der Waals surface area contributed by atoms with Gasteiger partial charge in [-0.3, -0.25) is 14.7 Å². The molecule has 0 bridgehead atoms. The lowest BCUT2D eigenvalue weighted by Gasteiger charge is -2.30. The largest absolute Gasteiger partial charge is 0.350 e. The van der Waals surface area contributed by atoms with Gasteiger partial charge < -0.3 is 14.8 Å². The average Bonchev–Trinajstić information content (AvgIpc) is 3.38. The summed E-state index contributed by atoms with van der Waals surface area (Å²) in [7, 11) is 1.85. The first-order valence-electron chi connectivity index (χ1n) is 12.3. The number of amides is 2. The molecule has 4 aromatic rings. The van der Waals surface area contributed by atoms with Crippen LogP contribution in [0.15, 0.2) is 42.5 Å². The molecule has 2 amide bonds. The highest BCUT2D eigenvalue weighted by Gasteiger charge is 2.50. The first kappa shape index (κ1) is 22.5. The van der Waals surface area contributed by atoms with Gasteiger partial charge in [-0.2, -0.15) is 5.10 Å². The number of carbonyl (C=O) groups is 2. The first-order valence-corrected chi connectivity index (χ1v) is 12.3. The molecule has 0 atom stereocenters. The summed E-state index contributed by atoms with van der Waals surface area (Å²) in [6.07, 6.45) is 2.39.